The zero-order valence-corrected chi connectivity index (χ0v) is 25.7. The quantitative estimate of drug-likeness (QED) is 0.147. The molecule has 6 nitrogen and oxygen atoms in total. The minimum atomic E-state index is 0.219. The Morgan fingerprint density at radius 3 is 2.18 bits per heavy atom. The monoisotopic (exact) mass is 642 g/mol. The van der Waals surface area contributed by atoms with Crippen molar-refractivity contribution in [2.24, 2.45) is 4.99 Å². The number of hydrogen-bond donors (Lipinski definition) is 0. The highest BCUT2D eigenvalue weighted by Crippen LogP contribution is 2.43. The van der Waals surface area contributed by atoms with Gasteiger partial charge >= 0.3 is 0 Å². The number of aliphatic imine (C=N–C) groups is 1. The summed E-state index contributed by atoms with van der Waals surface area (Å²) in [6, 6.07) is 37.5. The molecule has 0 aliphatic rings. The van der Waals surface area contributed by atoms with Crippen molar-refractivity contribution in [2.45, 2.75) is 6.61 Å². The van der Waals surface area contributed by atoms with Gasteiger partial charge in [-0.1, -0.05) is 54.6 Å². The van der Waals surface area contributed by atoms with Crippen LogP contribution in [0.3, 0.4) is 0 Å². The molecule has 0 amide bonds. The van der Waals surface area contributed by atoms with E-state index in [1.54, 1.807) is 20.4 Å². The Kier molecular flexibility index (Phi) is 8.44. The molecule has 0 saturated carbocycles. The third kappa shape index (κ3) is 5.94. The third-order valence-corrected chi connectivity index (χ3v) is 7.90. The Morgan fingerprint density at radius 2 is 1.50 bits per heavy atom. The Morgan fingerprint density at radius 1 is 0.818 bits per heavy atom. The molecule has 0 aliphatic heterocycles. The van der Waals surface area contributed by atoms with Gasteiger partial charge in [-0.25, -0.2) is 4.99 Å². The molecule has 6 aromatic rings. The highest BCUT2D eigenvalue weighted by molar-refractivity contribution is 9.10. The zero-order chi connectivity index (χ0) is 30.5. The van der Waals surface area contributed by atoms with Crippen molar-refractivity contribution in [2.75, 3.05) is 14.2 Å². The lowest BCUT2D eigenvalue weighted by molar-refractivity contribution is 0.305. The number of benzene rings is 5. The van der Waals surface area contributed by atoms with Crippen molar-refractivity contribution < 1.29 is 18.6 Å². The molecule has 0 N–H and O–H groups in total. The van der Waals surface area contributed by atoms with Crippen LogP contribution >= 0.6 is 15.9 Å². The van der Waals surface area contributed by atoms with Gasteiger partial charge in [-0.2, -0.15) is 5.26 Å². The minimum absolute atomic E-state index is 0.219. The van der Waals surface area contributed by atoms with Crippen LogP contribution in [0.25, 0.3) is 33.2 Å². The van der Waals surface area contributed by atoms with Gasteiger partial charge < -0.3 is 18.6 Å². The minimum Gasteiger partial charge on any atom is -0.497 e. The Bertz CT molecular complexity index is 2000. The third-order valence-electron chi connectivity index (χ3n) is 7.28. The van der Waals surface area contributed by atoms with Gasteiger partial charge in [-0.3, -0.25) is 0 Å². The first kappa shape index (κ1) is 28.8. The van der Waals surface area contributed by atoms with Gasteiger partial charge in [-0.05, 0) is 98.0 Å². The summed E-state index contributed by atoms with van der Waals surface area (Å²) in [4.78, 5) is 4.62. The fourth-order valence-electron chi connectivity index (χ4n) is 5.01. The number of methoxy groups -OCH3 is 2. The number of nitrogens with zero attached hydrogens (tertiary/aromatic N) is 2. The average Bonchev–Trinajstić information content (AvgIpc) is 3.45. The molecule has 0 radical (unpaired) electrons. The largest absolute Gasteiger partial charge is 0.497 e. The van der Waals surface area contributed by atoms with Gasteiger partial charge in [0.25, 0.3) is 0 Å². The second kappa shape index (κ2) is 12.9. The second-order valence-corrected chi connectivity index (χ2v) is 10.8. The molecule has 7 heteroatoms. The molecule has 44 heavy (non-hydrogen) atoms. The van der Waals surface area contributed by atoms with E-state index >= 15 is 0 Å². The van der Waals surface area contributed by atoms with E-state index in [1.165, 1.54) is 10.8 Å². The molecular weight excluding hydrogens is 616 g/mol. The molecular formula is C37H27BrN2O4. The summed E-state index contributed by atoms with van der Waals surface area (Å²) >= 11 is 3.64. The lowest BCUT2D eigenvalue weighted by Crippen LogP contribution is -1.97. The maximum absolute atomic E-state index is 10.2. The molecule has 6 rings (SSSR count). The first-order valence-corrected chi connectivity index (χ1v) is 14.7. The summed E-state index contributed by atoms with van der Waals surface area (Å²) < 4.78 is 23.9. The van der Waals surface area contributed by atoms with Crippen molar-refractivity contribution in [1.29, 1.82) is 5.26 Å². The molecule has 0 atom stereocenters. The van der Waals surface area contributed by atoms with Crippen molar-refractivity contribution in [3.05, 3.63) is 130 Å². The molecule has 1 heterocycles. The highest BCUT2D eigenvalue weighted by Gasteiger charge is 2.23. The van der Waals surface area contributed by atoms with Crippen LogP contribution in [-0.4, -0.2) is 20.4 Å². The predicted molar refractivity (Wildman–Crippen MR) is 177 cm³/mol. The molecule has 5 aromatic carbocycles. The summed E-state index contributed by atoms with van der Waals surface area (Å²) in [6.07, 6.45) is 1.68. The summed E-state index contributed by atoms with van der Waals surface area (Å²) in [6.45, 7) is 0.438. The number of hydrogen-bond acceptors (Lipinski definition) is 6. The lowest BCUT2D eigenvalue weighted by Gasteiger charge is -2.11. The average molecular weight is 644 g/mol. The van der Waals surface area contributed by atoms with Crippen LogP contribution in [0, 0.1) is 11.3 Å². The zero-order valence-electron chi connectivity index (χ0n) is 24.1. The summed E-state index contributed by atoms with van der Waals surface area (Å²) in [5.74, 6) is 2.92. The maximum Gasteiger partial charge on any atom is 0.238 e. The van der Waals surface area contributed by atoms with E-state index in [9.17, 15) is 5.26 Å². The van der Waals surface area contributed by atoms with Crippen molar-refractivity contribution in [3.8, 4) is 45.8 Å². The van der Waals surface area contributed by atoms with E-state index in [-0.39, 0.29) is 5.88 Å². The van der Waals surface area contributed by atoms with E-state index in [4.69, 9.17) is 18.6 Å². The van der Waals surface area contributed by atoms with Crippen molar-refractivity contribution in [1.82, 2.24) is 0 Å². The number of ether oxygens (including phenoxy) is 3. The first-order chi connectivity index (χ1) is 21.6. The standard InChI is InChI=1S/C37H27BrN2O4/c1-41-29-15-11-26(12-16-29)35-32(21-39)37(44-36(35)27-13-17-30(42-2)18-14-27)40-22-24-10-19-34(33(38)20-24)43-23-28-8-5-7-25-6-3-4-9-31(25)28/h3-20,22H,23H2,1-2H3. The molecule has 1 aromatic heterocycles. The fourth-order valence-corrected chi connectivity index (χ4v) is 5.53. The van der Waals surface area contributed by atoms with Gasteiger partial charge in [0, 0.05) is 17.3 Å². The Labute approximate surface area is 263 Å². The van der Waals surface area contributed by atoms with E-state index in [2.05, 4.69) is 51.3 Å². The van der Waals surface area contributed by atoms with Gasteiger partial charge in [0.15, 0.2) is 0 Å². The molecule has 0 aliphatic carbocycles. The first-order valence-electron chi connectivity index (χ1n) is 13.9. The Balaban J connectivity index is 1.30. The van der Waals surface area contributed by atoms with Crippen LogP contribution in [0.4, 0.5) is 5.88 Å². The SMILES string of the molecule is COc1ccc(-c2oc(N=Cc3ccc(OCc4cccc5ccccc45)c(Br)c3)c(C#N)c2-c2ccc(OC)cc2)cc1. The highest BCUT2D eigenvalue weighted by atomic mass is 79.9. The van der Waals surface area contributed by atoms with Crippen LogP contribution in [0.1, 0.15) is 16.7 Å². The van der Waals surface area contributed by atoms with Crippen molar-refractivity contribution >= 4 is 38.8 Å². The summed E-state index contributed by atoms with van der Waals surface area (Å²) in [7, 11) is 3.23. The van der Waals surface area contributed by atoms with Crippen LogP contribution in [0.2, 0.25) is 0 Å². The van der Waals surface area contributed by atoms with E-state index in [1.807, 2.05) is 84.9 Å². The van der Waals surface area contributed by atoms with Gasteiger partial charge in [0.1, 0.15) is 41.2 Å². The summed E-state index contributed by atoms with van der Waals surface area (Å²) in [5, 5.41) is 12.6. The van der Waals surface area contributed by atoms with Gasteiger partial charge in [0.05, 0.1) is 18.7 Å². The summed E-state index contributed by atoms with van der Waals surface area (Å²) in [5.41, 5.74) is 4.53. The molecule has 0 spiro atoms. The van der Waals surface area contributed by atoms with Crippen LogP contribution < -0.4 is 14.2 Å². The molecule has 0 unspecified atom stereocenters. The second-order valence-electron chi connectivity index (χ2n) is 9.93. The number of nitriles is 1. The Hall–Kier alpha value is -5.32. The number of fused-ring (bicyclic) bond motifs is 1. The van der Waals surface area contributed by atoms with E-state index in [0.717, 1.165) is 44.0 Å². The van der Waals surface area contributed by atoms with E-state index < -0.39 is 0 Å². The smallest absolute Gasteiger partial charge is 0.238 e. The molecule has 216 valence electrons. The predicted octanol–water partition coefficient (Wildman–Crippen LogP) is 9.75. The number of halogens is 1. The topological polar surface area (TPSA) is 77.0 Å². The molecule has 0 saturated heterocycles. The van der Waals surface area contributed by atoms with Crippen molar-refractivity contribution in [3.63, 3.8) is 0 Å². The number of rotatable bonds is 9. The fraction of sp³-hybridized carbons (Fsp3) is 0.0811. The molecule has 0 fully saturated rings. The lowest BCUT2D eigenvalue weighted by atomic mass is 9.98. The van der Waals surface area contributed by atoms with Crippen LogP contribution in [0.5, 0.6) is 17.2 Å². The maximum atomic E-state index is 10.2. The van der Waals surface area contributed by atoms with E-state index in [0.29, 0.717) is 23.5 Å². The molecule has 0 bridgehead atoms. The number of furan rings is 1. The normalized spacial score (nSPS) is 11.0. The van der Waals surface area contributed by atoms with Gasteiger partial charge in [-0.15, -0.1) is 0 Å². The van der Waals surface area contributed by atoms with Crippen LogP contribution in [0.15, 0.2) is 123 Å². The van der Waals surface area contributed by atoms with Crippen LogP contribution in [-0.2, 0) is 6.61 Å². The van der Waals surface area contributed by atoms with Gasteiger partial charge in [0.2, 0.25) is 5.88 Å².